The molecule has 0 aliphatic rings. The number of nitrogens with zero attached hydrogens (tertiary/aromatic N) is 2. The Bertz CT molecular complexity index is 978. The highest BCUT2D eigenvalue weighted by Crippen LogP contribution is 2.12. The van der Waals surface area contributed by atoms with Crippen molar-refractivity contribution in [2.24, 2.45) is 0 Å². The van der Waals surface area contributed by atoms with E-state index in [4.69, 9.17) is 0 Å². The molecule has 3 rings (SSSR count). The van der Waals surface area contributed by atoms with Crippen LogP contribution in [-0.2, 0) is 23.1 Å². The Morgan fingerprint density at radius 3 is 2.27 bits per heavy atom. The second kappa shape index (κ2) is 7.63. The number of carbonyl (C=O) groups excluding carboxylic acids is 1. The molecule has 26 heavy (non-hydrogen) atoms. The average Bonchev–Trinajstić information content (AvgIpc) is 3.14. The van der Waals surface area contributed by atoms with Gasteiger partial charge in [0.1, 0.15) is 0 Å². The summed E-state index contributed by atoms with van der Waals surface area (Å²) in [6.07, 6.45) is 3.62. The number of nitrogens with one attached hydrogen (secondary N) is 1. The smallest absolute Gasteiger partial charge is 0.240 e. The summed E-state index contributed by atoms with van der Waals surface area (Å²) in [6, 6.07) is 15.5. The lowest BCUT2D eigenvalue weighted by Crippen LogP contribution is -2.23. The summed E-state index contributed by atoms with van der Waals surface area (Å²) in [7, 11) is -3.63. The summed E-state index contributed by atoms with van der Waals surface area (Å²) in [5.74, 6) is -0.0999. The summed E-state index contributed by atoms with van der Waals surface area (Å²) < 4.78 is 29.1. The maximum absolute atomic E-state index is 12.4. The Morgan fingerprint density at radius 1 is 1.04 bits per heavy atom. The van der Waals surface area contributed by atoms with Gasteiger partial charge in [-0.3, -0.25) is 9.48 Å². The summed E-state index contributed by atoms with van der Waals surface area (Å²) in [6.45, 7) is 2.30. The highest BCUT2D eigenvalue weighted by atomic mass is 32.2. The predicted octanol–water partition coefficient (Wildman–Crippen LogP) is 2.61. The van der Waals surface area contributed by atoms with Crippen molar-refractivity contribution in [1.82, 2.24) is 14.5 Å². The zero-order chi connectivity index (χ0) is 18.6. The first kappa shape index (κ1) is 18.0. The average molecular weight is 369 g/mol. The standard InChI is InChI=1S/C19H19N3O3S/c1-15(23)18-7-9-19(10-8-18)26(24,25)21-13-16-3-5-17(6-4-16)14-22-12-2-11-20-22/h2-12,21H,13-14H2,1H3. The Kier molecular flexibility index (Phi) is 5.29. The van der Waals surface area contributed by atoms with Crippen LogP contribution in [0.25, 0.3) is 0 Å². The summed E-state index contributed by atoms with van der Waals surface area (Å²) in [5.41, 5.74) is 2.43. The summed E-state index contributed by atoms with van der Waals surface area (Å²) in [4.78, 5) is 11.4. The molecule has 0 unspecified atom stereocenters. The summed E-state index contributed by atoms with van der Waals surface area (Å²) in [5, 5.41) is 4.16. The van der Waals surface area contributed by atoms with E-state index in [9.17, 15) is 13.2 Å². The molecule has 3 aromatic rings. The molecule has 0 saturated carbocycles. The van der Waals surface area contributed by atoms with Crippen LogP contribution in [0.2, 0.25) is 0 Å². The minimum Gasteiger partial charge on any atom is -0.295 e. The Morgan fingerprint density at radius 2 is 1.69 bits per heavy atom. The number of hydrogen-bond donors (Lipinski definition) is 1. The van der Waals surface area contributed by atoms with Crippen LogP contribution in [-0.4, -0.2) is 24.0 Å². The van der Waals surface area contributed by atoms with E-state index in [0.717, 1.165) is 11.1 Å². The molecule has 1 N–H and O–H groups in total. The normalized spacial score (nSPS) is 11.4. The minimum absolute atomic E-state index is 0.0999. The van der Waals surface area contributed by atoms with Crippen LogP contribution in [0.5, 0.6) is 0 Å². The zero-order valence-electron chi connectivity index (χ0n) is 14.3. The van der Waals surface area contributed by atoms with Gasteiger partial charge in [-0.05, 0) is 36.2 Å². The van der Waals surface area contributed by atoms with Gasteiger partial charge in [-0.2, -0.15) is 5.10 Å². The van der Waals surface area contributed by atoms with Crippen LogP contribution in [0.15, 0.2) is 71.9 Å². The van der Waals surface area contributed by atoms with E-state index in [-0.39, 0.29) is 17.2 Å². The van der Waals surface area contributed by atoms with Crippen LogP contribution in [0.3, 0.4) is 0 Å². The monoisotopic (exact) mass is 369 g/mol. The zero-order valence-corrected chi connectivity index (χ0v) is 15.1. The van der Waals surface area contributed by atoms with Crippen molar-refractivity contribution in [2.75, 3.05) is 0 Å². The number of aromatic nitrogens is 2. The molecule has 1 heterocycles. The number of carbonyl (C=O) groups is 1. The molecule has 134 valence electrons. The van der Waals surface area contributed by atoms with Gasteiger partial charge in [0.2, 0.25) is 10.0 Å². The maximum Gasteiger partial charge on any atom is 0.240 e. The van der Waals surface area contributed by atoms with E-state index in [1.807, 2.05) is 41.2 Å². The first-order chi connectivity index (χ1) is 12.4. The molecular weight excluding hydrogens is 350 g/mol. The molecule has 6 nitrogen and oxygen atoms in total. The van der Waals surface area contributed by atoms with Gasteiger partial charge in [0, 0.05) is 24.5 Å². The van der Waals surface area contributed by atoms with Gasteiger partial charge < -0.3 is 0 Å². The molecule has 0 amide bonds. The van der Waals surface area contributed by atoms with Gasteiger partial charge >= 0.3 is 0 Å². The molecule has 0 bridgehead atoms. The van der Waals surface area contributed by atoms with Crippen molar-refractivity contribution < 1.29 is 13.2 Å². The maximum atomic E-state index is 12.4. The van der Waals surface area contributed by atoms with Crippen molar-refractivity contribution in [1.29, 1.82) is 0 Å². The van der Waals surface area contributed by atoms with Crippen LogP contribution >= 0.6 is 0 Å². The predicted molar refractivity (Wildman–Crippen MR) is 98.2 cm³/mol. The fraction of sp³-hybridized carbons (Fsp3) is 0.158. The fourth-order valence-corrected chi connectivity index (χ4v) is 3.49. The van der Waals surface area contributed by atoms with Crippen LogP contribution in [0.1, 0.15) is 28.4 Å². The molecule has 7 heteroatoms. The molecule has 0 spiro atoms. The van der Waals surface area contributed by atoms with Crippen LogP contribution < -0.4 is 4.72 Å². The van der Waals surface area contributed by atoms with Crippen molar-refractivity contribution in [3.63, 3.8) is 0 Å². The number of Topliss-reactive ketones (excluding diaryl/α,β-unsaturated/α-hetero) is 1. The van der Waals surface area contributed by atoms with Gasteiger partial charge in [-0.25, -0.2) is 13.1 Å². The summed E-state index contributed by atoms with van der Waals surface area (Å²) >= 11 is 0. The van der Waals surface area contributed by atoms with Crippen molar-refractivity contribution in [2.45, 2.75) is 24.9 Å². The molecule has 1 aromatic heterocycles. The van der Waals surface area contributed by atoms with E-state index >= 15 is 0 Å². The molecule has 2 aromatic carbocycles. The van der Waals surface area contributed by atoms with E-state index in [2.05, 4.69) is 9.82 Å². The molecule has 0 fully saturated rings. The van der Waals surface area contributed by atoms with Gasteiger partial charge in [-0.15, -0.1) is 0 Å². The molecule has 0 aliphatic heterocycles. The second-order valence-electron chi connectivity index (χ2n) is 5.93. The van der Waals surface area contributed by atoms with E-state index in [0.29, 0.717) is 12.1 Å². The quantitative estimate of drug-likeness (QED) is 0.649. The van der Waals surface area contributed by atoms with Gasteiger partial charge in [0.05, 0.1) is 11.4 Å². The number of sulfonamides is 1. The number of rotatable bonds is 7. The van der Waals surface area contributed by atoms with Gasteiger partial charge in [0.25, 0.3) is 0 Å². The highest BCUT2D eigenvalue weighted by Gasteiger charge is 2.14. The third kappa shape index (κ3) is 4.44. The Hall–Kier alpha value is -2.77. The minimum atomic E-state index is -3.63. The molecule has 0 atom stereocenters. The highest BCUT2D eigenvalue weighted by molar-refractivity contribution is 7.89. The first-order valence-corrected chi connectivity index (χ1v) is 9.58. The SMILES string of the molecule is CC(=O)c1ccc(S(=O)(=O)NCc2ccc(Cn3cccn3)cc2)cc1. The van der Waals surface area contributed by atoms with Crippen molar-refractivity contribution in [3.8, 4) is 0 Å². The lowest BCUT2D eigenvalue weighted by molar-refractivity contribution is 0.101. The Balaban J connectivity index is 1.63. The van der Waals surface area contributed by atoms with Gasteiger partial charge in [-0.1, -0.05) is 36.4 Å². The molecule has 0 saturated heterocycles. The molecular formula is C19H19N3O3S. The van der Waals surface area contributed by atoms with E-state index < -0.39 is 10.0 Å². The third-order valence-corrected chi connectivity index (χ3v) is 5.38. The van der Waals surface area contributed by atoms with Crippen LogP contribution in [0, 0.1) is 0 Å². The van der Waals surface area contributed by atoms with E-state index in [1.165, 1.54) is 31.2 Å². The number of benzene rings is 2. The van der Waals surface area contributed by atoms with E-state index in [1.54, 1.807) is 6.20 Å². The lowest BCUT2D eigenvalue weighted by Gasteiger charge is -2.08. The molecule has 0 radical (unpaired) electrons. The van der Waals surface area contributed by atoms with Gasteiger partial charge in [0.15, 0.2) is 5.78 Å². The van der Waals surface area contributed by atoms with Crippen LogP contribution in [0.4, 0.5) is 0 Å². The molecule has 0 aliphatic carbocycles. The second-order valence-corrected chi connectivity index (χ2v) is 7.69. The third-order valence-electron chi connectivity index (χ3n) is 3.96. The first-order valence-electron chi connectivity index (χ1n) is 8.10. The fourth-order valence-electron chi connectivity index (χ4n) is 2.47. The van der Waals surface area contributed by atoms with Crippen molar-refractivity contribution >= 4 is 15.8 Å². The lowest BCUT2D eigenvalue weighted by atomic mass is 10.1. The van der Waals surface area contributed by atoms with Crippen molar-refractivity contribution in [3.05, 3.63) is 83.7 Å². The topological polar surface area (TPSA) is 81.1 Å². The number of ketones is 1. The largest absolute Gasteiger partial charge is 0.295 e. The number of hydrogen-bond acceptors (Lipinski definition) is 4. The Labute approximate surface area is 152 Å².